The fraction of sp³-hybridized carbons (Fsp3) is 0.538. The number of morpholine rings is 1. The van der Waals surface area contributed by atoms with Crippen molar-refractivity contribution in [2.24, 2.45) is 5.73 Å². The van der Waals surface area contributed by atoms with Crippen molar-refractivity contribution in [2.45, 2.75) is 25.7 Å². The molecule has 1 atom stereocenters. The molecule has 1 aromatic rings. The maximum Gasteiger partial charge on any atom is 0.416 e. The van der Waals surface area contributed by atoms with Gasteiger partial charge in [-0.1, -0.05) is 6.07 Å². The van der Waals surface area contributed by atoms with Crippen molar-refractivity contribution >= 4 is 5.69 Å². The second-order valence-corrected chi connectivity index (χ2v) is 4.67. The van der Waals surface area contributed by atoms with Gasteiger partial charge in [0.15, 0.2) is 0 Å². The van der Waals surface area contributed by atoms with Gasteiger partial charge in [-0.3, -0.25) is 0 Å². The van der Waals surface area contributed by atoms with E-state index in [-0.39, 0.29) is 18.2 Å². The summed E-state index contributed by atoms with van der Waals surface area (Å²) in [6.07, 6.45) is -4.35. The average Bonchev–Trinajstić information content (AvgIpc) is 2.37. The van der Waals surface area contributed by atoms with Crippen LogP contribution in [0.2, 0.25) is 0 Å². The molecule has 1 heterocycles. The van der Waals surface area contributed by atoms with E-state index in [4.69, 9.17) is 10.5 Å². The third-order valence-corrected chi connectivity index (χ3v) is 3.22. The van der Waals surface area contributed by atoms with Gasteiger partial charge in [-0.15, -0.1) is 0 Å². The molecule has 2 rings (SSSR count). The van der Waals surface area contributed by atoms with Gasteiger partial charge < -0.3 is 15.4 Å². The lowest BCUT2D eigenvalue weighted by atomic mass is 10.1. The summed E-state index contributed by atoms with van der Waals surface area (Å²) < 4.78 is 44.3. The summed E-state index contributed by atoms with van der Waals surface area (Å²) in [5.41, 5.74) is 5.41. The van der Waals surface area contributed by atoms with E-state index in [1.54, 1.807) is 6.07 Å². The Morgan fingerprint density at radius 1 is 1.42 bits per heavy atom. The fourth-order valence-corrected chi connectivity index (χ4v) is 2.26. The first-order valence-electron chi connectivity index (χ1n) is 6.18. The maximum absolute atomic E-state index is 13.0. The Kier molecular flexibility index (Phi) is 4.01. The topological polar surface area (TPSA) is 38.5 Å². The molecule has 1 aliphatic rings. The number of rotatable bonds is 2. The van der Waals surface area contributed by atoms with E-state index in [1.165, 1.54) is 12.1 Å². The predicted molar refractivity (Wildman–Crippen MR) is 67.0 cm³/mol. The van der Waals surface area contributed by atoms with Crippen molar-refractivity contribution in [3.63, 3.8) is 0 Å². The highest BCUT2D eigenvalue weighted by atomic mass is 19.4. The first-order valence-corrected chi connectivity index (χ1v) is 6.18. The Hall–Kier alpha value is -1.27. The lowest BCUT2D eigenvalue weighted by Crippen LogP contribution is -2.41. The van der Waals surface area contributed by atoms with Gasteiger partial charge in [-0.25, -0.2) is 0 Å². The number of alkyl halides is 3. The number of halogens is 3. The Morgan fingerprint density at radius 2 is 2.16 bits per heavy atom. The molecule has 106 valence electrons. The van der Waals surface area contributed by atoms with Gasteiger partial charge >= 0.3 is 6.18 Å². The van der Waals surface area contributed by atoms with Crippen LogP contribution in [-0.4, -0.2) is 25.8 Å². The Balaban J connectivity index is 2.32. The summed E-state index contributed by atoms with van der Waals surface area (Å²) in [5, 5.41) is 0. The number of nitrogens with two attached hydrogens (primary N) is 1. The van der Waals surface area contributed by atoms with Crippen LogP contribution in [0.1, 0.15) is 18.1 Å². The van der Waals surface area contributed by atoms with E-state index in [0.29, 0.717) is 25.4 Å². The second-order valence-electron chi connectivity index (χ2n) is 4.67. The minimum absolute atomic E-state index is 0.0253. The van der Waals surface area contributed by atoms with Crippen LogP contribution in [0.4, 0.5) is 18.9 Å². The number of nitrogens with zero attached hydrogens (tertiary/aromatic N) is 1. The smallest absolute Gasteiger partial charge is 0.375 e. The van der Waals surface area contributed by atoms with E-state index in [9.17, 15) is 13.2 Å². The van der Waals surface area contributed by atoms with Crippen molar-refractivity contribution in [1.29, 1.82) is 0 Å². The Bertz CT molecular complexity index is 448. The zero-order valence-electron chi connectivity index (χ0n) is 10.7. The van der Waals surface area contributed by atoms with Crippen LogP contribution < -0.4 is 10.6 Å². The lowest BCUT2D eigenvalue weighted by Gasteiger charge is -2.33. The quantitative estimate of drug-likeness (QED) is 0.900. The van der Waals surface area contributed by atoms with Gasteiger partial charge in [0.25, 0.3) is 0 Å². The molecule has 1 aliphatic heterocycles. The van der Waals surface area contributed by atoms with Crippen molar-refractivity contribution in [3.05, 3.63) is 29.3 Å². The summed E-state index contributed by atoms with van der Waals surface area (Å²) in [6.45, 7) is 3.52. The van der Waals surface area contributed by atoms with Crippen molar-refractivity contribution < 1.29 is 17.9 Å². The first-order chi connectivity index (χ1) is 8.91. The molecule has 1 saturated heterocycles. The van der Waals surface area contributed by atoms with Gasteiger partial charge in [-0.05, 0) is 24.6 Å². The minimum Gasteiger partial charge on any atom is -0.375 e. The molecule has 0 spiro atoms. The van der Waals surface area contributed by atoms with Crippen molar-refractivity contribution in [2.75, 3.05) is 24.6 Å². The highest BCUT2D eigenvalue weighted by Gasteiger charge is 2.33. The highest BCUT2D eigenvalue weighted by Crippen LogP contribution is 2.34. The third-order valence-electron chi connectivity index (χ3n) is 3.22. The van der Waals surface area contributed by atoms with Crippen molar-refractivity contribution in [1.82, 2.24) is 0 Å². The summed E-state index contributed by atoms with van der Waals surface area (Å²) in [6, 6.07) is 4.33. The summed E-state index contributed by atoms with van der Waals surface area (Å²) in [7, 11) is 0. The van der Waals surface area contributed by atoms with Gasteiger partial charge in [0.1, 0.15) is 0 Å². The summed E-state index contributed by atoms with van der Waals surface area (Å²) in [4.78, 5) is 1.91. The molecule has 3 nitrogen and oxygen atoms in total. The number of ether oxygens (including phenoxy) is 1. The van der Waals surface area contributed by atoms with Gasteiger partial charge in [0, 0.05) is 25.3 Å². The molecule has 0 bridgehead atoms. The molecule has 1 fully saturated rings. The molecule has 1 unspecified atom stereocenters. The second kappa shape index (κ2) is 5.38. The molecule has 2 N–H and O–H groups in total. The van der Waals surface area contributed by atoms with Gasteiger partial charge in [0.05, 0.1) is 18.3 Å². The standard InChI is InChI=1S/C13H17F3N2O/c1-9-8-18(4-5-19-9)11-3-2-10(7-17)12(6-11)13(14,15)16/h2-3,6,9H,4-5,7-8,17H2,1H3. The van der Waals surface area contributed by atoms with Gasteiger partial charge in [-0.2, -0.15) is 13.2 Å². The highest BCUT2D eigenvalue weighted by molar-refractivity contribution is 5.52. The predicted octanol–water partition coefficient (Wildman–Crippen LogP) is 2.39. The lowest BCUT2D eigenvalue weighted by molar-refractivity contribution is -0.138. The zero-order valence-corrected chi connectivity index (χ0v) is 10.7. The minimum atomic E-state index is -4.37. The SMILES string of the molecule is CC1CN(c2ccc(CN)c(C(F)(F)F)c2)CCO1. The molecule has 0 aromatic heterocycles. The van der Waals surface area contributed by atoms with Crippen LogP contribution in [0.15, 0.2) is 18.2 Å². The van der Waals surface area contributed by atoms with E-state index in [2.05, 4.69) is 0 Å². The number of hydrogen-bond donors (Lipinski definition) is 1. The van der Waals surface area contributed by atoms with E-state index in [1.807, 2.05) is 11.8 Å². The summed E-state index contributed by atoms with van der Waals surface area (Å²) in [5.74, 6) is 0. The van der Waals surface area contributed by atoms with Crippen LogP contribution in [0.5, 0.6) is 0 Å². The van der Waals surface area contributed by atoms with E-state index >= 15 is 0 Å². The largest absolute Gasteiger partial charge is 0.416 e. The third kappa shape index (κ3) is 3.19. The van der Waals surface area contributed by atoms with Crippen LogP contribution >= 0.6 is 0 Å². The average molecular weight is 274 g/mol. The molecule has 6 heteroatoms. The zero-order chi connectivity index (χ0) is 14.0. The van der Waals surface area contributed by atoms with Gasteiger partial charge in [0.2, 0.25) is 0 Å². The molecule has 0 aliphatic carbocycles. The molecular formula is C13H17F3N2O. The van der Waals surface area contributed by atoms with Crippen LogP contribution in [0.25, 0.3) is 0 Å². The normalized spacial score (nSPS) is 20.7. The maximum atomic E-state index is 13.0. The van der Waals surface area contributed by atoms with Crippen molar-refractivity contribution in [3.8, 4) is 0 Å². The molecule has 19 heavy (non-hydrogen) atoms. The molecule has 1 aromatic carbocycles. The molecule has 0 saturated carbocycles. The van der Waals surface area contributed by atoms with Crippen LogP contribution in [0, 0.1) is 0 Å². The molecular weight excluding hydrogens is 257 g/mol. The Labute approximate surface area is 110 Å². The van der Waals surface area contributed by atoms with Crippen LogP contribution in [0.3, 0.4) is 0 Å². The molecule has 0 amide bonds. The van der Waals surface area contributed by atoms with E-state index < -0.39 is 11.7 Å². The monoisotopic (exact) mass is 274 g/mol. The summed E-state index contributed by atoms with van der Waals surface area (Å²) >= 11 is 0. The molecule has 0 radical (unpaired) electrons. The first kappa shape index (κ1) is 14.1. The van der Waals surface area contributed by atoms with E-state index in [0.717, 1.165) is 0 Å². The Morgan fingerprint density at radius 3 is 2.74 bits per heavy atom. The number of anilines is 1. The number of hydrogen-bond acceptors (Lipinski definition) is 3. The van der Waals surface area contributed by atoms with Crippen LogP contribution in [-0.2, 0) is 17.5 Å². The fourth-order valence-electron chi connectivity index (χ4n) is 2.26. The number of benzene rings is 1.